The van der Waals surface area contributed by atoms with Crippen LogP contribution in [-0.2, 0) is 10.0 Å². The Kier molecular flexibility index (Phi) is 3.94. The van der Waals surface area contributed by atoms with E-state index in [2.05, 4.69) is 4.72 Å². The van der Waals surface area contributed by atoms with E-state index in [1.165, 1.54) is 43.5 Å². The van der Waals surface area contributed by atoms with Gasteiger partial charge in [0, 0.05) is 0 Å². The monoisotopic (exact) mass is 295 g/mol. The highest BCUT2D eigenvalue weighted by Gasteiger charge is 2.16. The summed E-state index contributed by atoms with van der Waals surface area (Å²) in [6.07, 6.45) is 0. The molecule has 0 bridgehead atoms. The van der Waals surface area contributed by atoms with Gasteiger partial charge in [0.05, 0.1) is 17.7 Å². The highest BCUT2D eigenvalue weighted by atomic mass is 32.2. The molecule has 0 aliphatic carbocycles. The summed E-state index contributed by atoms with van der Waals surface area (Å²) >= 11 is 0. The van der Waals surface area contributed by atoms with Crippen LogP contribution < -0.4 is 9.46 Å². The number of sulfonamides is 1. The van der Waals surface area contributed by atoms with Crippen molar-refractivity contribution in [2.24, 2.45) is 0 Å². The Morgan fingerprint density at radius 3 is 2.30 bits per heavy atom. The number of methoxy groups -OCH3 is 1. The van der Waals surface area contributed by atoms with Gasteiger partial charge in [-0.1, -0.05) is 6.07 Å². The summed E-state index contributed by atoms with van der Waals surface area (Å²) in [7, 11) is -2.33. The van der Waals surface area contributed by atoms with Gasteiger partial charge >= 0.3 is 0 Å². The van der Waals surface area contributed by atoms with E-state index in [0.717, 1.165) is 5.56 Å². The Balaban J connectivity index is 2.30. The minimum absolute atomic E-state index is 0.0401. The summed E-state index contributed by atoms with van der Waals surface area (Å²) in [5.41, 5.74) is 0.640. The van der Waals surface area contributed by atoms with E-state index in [0.29, 0.717) is 5.75 Å². The molecule has 0 radical (unpaired) electrons. The number of hydrogen-bond acceptors (Lipinski definition) is 3. The molecule has 4 nitrogen and oxygen atoms in total. The number of hydrogen-bond donors (Lipinski definition) is 1. The Morgan fingerprint density at radius 1 is 1.10 bits per heavy atom. The first-order valence-corrected chi connectivity index (χ1v) is 7.34. The van der Waals surface area contributed by atoms with Crippen molar-refractivity contribution < 1.29 is 17.5 Å². The van der Waals surface area contributed by atoms with Crippen LogP contribution in [0.2, 0.25) is 0 Å². The van der Waals surface area contributed by atoms with E-state index in [1.807, 2.05) is 0 Å². The zero-order chi connectivity index (χ0) is 14.8. The van der Waals surface area contributed by atoms with Crippen LogP contribution in [0.25, 0.3) is 0 Å². The second-order valence-electron chi connectivity index (χ2n) is 4.26. The van der Waals surface area contributed by atoms with Crippen molar-refractivity contribution in [1.82, 2.24) is 0 Å². The van der Waals surface area contributed by atoms with Crippen molar-refractivity contribution in [2.45, 2.75) is 11.8 Å². The van der Waals surface area contributed by atoms with Crippen molar-refractivity contribution in [2.75, 3.05) is 11.8 Å². The van der Waals surface area contributed by atoms with Crippen LogP contribution >= 0.6 is 0 Å². The van der Waals surface area contributed by atoms with E-state index in [1.54, 1.807) is 13.0 Å². The maximum atomic E-state index is 13.7. The predicted octanol–water partition coefficient (Wildman–Crippen LogP) is 2.94. The molecule has 0 aromatic heterocycles. The molecule has 0 aliphatic heterocycles. The van der Waals surface area contributed by atoms with Gasteiger partial charge < -0.3 is 4.74 Å². The first-order valence-electron chi connectivity index (χ1n) is 5.85. The fraction of sp³-hybridized carbons (Fsp3) is 0.143. The molecule has 0 amide bonds. The quantitative estimate of drug-likeness (QED) is 0.943. The summed E-state index contributed by atoms with van der Waals surface area (Å²) in [5, 5.41) is 0. The standard InChI is InChI=1S/C14H14FNO3S/c1-10-3-8-14(13(15)9-10)16-20(17,18)12-6-4-11(19-2)5-7-12/h3-9,16H,1-2H3. The maximum Gasteiger partial charge on any atom is 0.261 e. The van der Waals surface area contributed by atoms with Crippen LogP contribution in [0.5, 0.6) is 5.75 Å². The largest absolute Gasteiger partial charge is 0.497 e. The third-order valence-electron chi connectivity index (χ3n) is 2.74. The van der Waals surface area contributed by atoms with Crippen molar-refractivity contribution in [3.63, 3.8) is 0 Å². The molecular weight excluding hydrogens is 281 g/mol. The van der Waals surface area contributed by atoms with Gasteiger partial charge in [0.2, 0.25) is 0 Å². The molecule has 2 aromatic rings. The summed E-state index contributed by atoms with van der Waals surface area (Å²) in [6.45, 7) is 1.73. The van der Waals surface area contributed by atoms with Crippen LogP contribution in [0.4, 0.5) is 10.1 Å². The molecule has 0 unspecified atom stereocenters. The third-order valence-corrected chi connectivity index (χ3v) is 4.12. The molecule has 0 saturated heterocycles. The van der Waals surface area contributed by atoms with Gasteiger partial charge in [-0.25, -0.2) is 12.8 Å². The van der Waals surface area contributed by atoms with Crippen molar-refractivity contribution in [3.05, 3.63) is 53.8 Å². The topological polar surface area (TPSA) is 55.4 Å². The highest BCUT2D eigenvalue weighted by Crippen LogP contribution is 2.21. The molecule has 0 aliphatic rings. The number of ether oxygens (including phenoxy) is 1. The summed E-state index contributed by atoms with van der Waals surface area (Å²) in [6, 6.07) is 10.1. The number of rotatable bonds is 4. The molecular formula is C14H14FNO3S. The smallest absolute Gasteiger partial charge is 0.261 e. The average Bonchev–Trinajstić information content (AvgIpc) is 2.42. The lowest BCUT2D eigenvalue weighted by molar-refractivity contribution is 0.414. The number of anilines is 1. The molecule has 0 spiro atoms. The van der Waals surface area contributed by atoms with E-state index in [4.69, 9.17) is 4.74 Å². The number of benzene rings is 2. The third kappa shape index (κ3) is 3.08. The van der Waals surface area contributed by atoms with Crippen LogP contribution in [-0.4, -0.2) is 15.5 Å². The average molecular weight is 295 g/mol. The molecule has 0 saturated carbocycles. The molecule has 0 atom stereocenters. The summed E-state index contributed by atoms with van der Waals surface area (Å²) in [5.74, 6) is -0.0625. The van der Waals surface area contributed by atoms with E-state index in [-0.39, 0.29) is 10.6 Å². The lowest BCUT2D eigenvalue weighted by Crippen LogP contribution is -2.14. The minimum atomic E-state index is -3.82. The second kappa shape index (κ2) is 5.50. The Hall–Kier alpha value is -2.08. The van der Waals surface area contributed by atoms with E-state index >= 15 is 0 Å². The molecule has 2 rings (SSSR count). The van der Waals surface area contributed by atoms with E-state index in [9.17, 15) is 12.8 Å². The van der Waals surface area contributed by atoms with Crippen LogP contribution in [0.1, 0.15) is 5.56 Å². The van der Waals surface area contributed by atoms with Crippen molar-refractivity contribution in [1.29, 1.82) is 0 Å². The minimum Gasteiger partial charge on any atom is -0.497 e. The summed E-state index contributed by atoms with van der Waals surface area (Å²) < 4.78 is 45.1. The highest BCUT2D eigenvalue weighted by molar-refractivity contribution is 7.92. The van der Waals surface area contributed by atoms with Crippen LogP contribution in [0.3, 0.4) is 0 Å². The fourth-order valence-electron chi connectivity index (χ4n) is 1.66. The van der Waals surface area contributed by atoms with Gasteiger partial charge in [0.15, 0.2) is 0 Å². The van der Waals surface area contributed by atoms with E-state index < -0.39 is 15.8 Å². The molecule has 2 aromatic carbocycles. The van der Waals surface area contributed by atoms with Gasteiger partial charge in [0.1, 0.15) is 11.6 Å². The van der Waals surface area contributed by atoms with Crippen molar-refractivity contribution in [3.8, 4) is 5.75 Å². The molecule has 1 N–H and O–H groups in total. The zero-order valence-electron chi connectivity index (χ0n) is 11.1. The lowest BCUT2D eigenvalue weighted by Gasteiger charge is -2.10. The maximum absolute atomic E-state index is 13.7. The fourth-order valence-corrected chi connectivity index (χ4v) is 2.73. The van der Waals surface area contributed by atoms with Gasteiger partial charge in [0.25, 0.3) is 10.0 Å². The first kappa shape index (κ1) is 14.3. The lowest BCUT2D eigenvalue weighted by atomic mass is 10.2. The van der Waals surface area contributed by atoms with Crippen LogP contribution in [0, 0.1) is 12.7 Å². The molecule has 0 fully saturated rings. The SMILES string of the molecule is COc1ccc(S(=O)(=O)Nc2ccc(C)cc2F)cc1. The Morgan fingerprint density at radius 2 is 1.75 bits per heavy atom. The molecule has 20 heavy (non-hydrogen) atoms. The molecule has 0 heterocycles. The Labute approximate surface area is 117 Å². The zero-order valence-corrected chi connectivity index (χ0v) is 11.9. The number of nitrogens with one attached hydrogen (secondary N) is 1. The second-order valence-corrected chi connectivity index (χ2v) is 5.95. The van der Waals surface area contributed by atoms with Gasteiger partial charge in [-0.05, 0) is 48.9 Å². The predicted molar refractivity (Wildman–Crippen MR) is 74.9 cm³/mol. The Bertz CT molecular complexity index is 712. The van der Waals surface area contributed by atoms with Crippen LogP contribution in [0.15, 0.2) is 47.4 Å². The normalized spacial score (nSPS) is 11.2. The van der Waals surface area contributed by atoms with Gasteiger partial charge in [-0.2, -0.15) is 0 Å². The van der Waals surface area contributed by atoms with Gasteiger partial charge in [-0.3, -0.25) is 4.72 Å². The molecule has 6 heteroatoms. The van der Waals surface area contributed by atoms with Crippen molar-refractivity contribution >= 4 is 15.7 Å². The molecule has 106 valence electrons. The number of aryl methyl sites for hydroxylation is 1. The summed E-state index contributed by atoms with van der Waals surface area (Å²) in [4.78, 5) is 0.0401. The first-order chi connectivity index (χ1) is 9.42. The van der Waals surface area contributed by atoms with Gasteiger partial charge in [-0.15, -0.1) is 0 Å². The number of halogens is 1.